The van der Waals surface area contributed by atoms with Crippen molar-refractivity contribution in [1.29, 1.82) is 0 Å². The predicted octanol–water partition coefficient (Wildman–Crippen LogP) is 1.53. The summed E-state index contributed by atoms with van der Waals surface area (Å²) in [6, 6.07) is 6.95. The number of anilines is 1. The zero-order valence-corrected chi connectivity index (χ0v) is 13.6. The molecule has 1 aromatic carbocycles. The smallest absolute Gasteiger partial charge is 0.251 e. The topological polar surface area (TPSA) is 79.5 Å². The molecule has 0 spiro atoms. The Morgan fingerprint density at radius 2 is 2.22 bits per heavy atom. The second kappa shape index (κ2) is 9.27. The largest absolute Gasteiger partial charge is 0.377 e. The molecular weight excluding hydrogens is 294 g/mol. The Balaban J connectivity index is 1.77. The van der Waals surface area contributed by atoms with Crippen LogP contribution in [0.25, 0.3) is 0 Å². The van der Waals surface area contributed by atoms with Crippen molar-refractivity contribution >= 4 is 17.5 Å². The Kier molecular flexibility index (Phi) is 7.03. The van der Waals surface area contributed by atoms with Crippen LogP contribution in [-0.4, -0.2) is 44.2 Å². The third-order valence-corrected chi connectivity index (χ3v) is 3.63. The van der Waals surface area contributed by atoms with Crippen LogP contribution in [0.5, 0.6) is 0 Å². The number of carbonyl (C=O) groups excluding carboxylic acids is 2. The number of amides is 2. The van der Waals surface area contributed by atoms with E-state index in [-0.39, 0.29) is 24.5 Å². The summed E-state index contributed by atoms with van der Waals surface area (Å²) in [6.45, 7) is 4.37. The summed E-state index contributed by atoms with van der Waals surface area (Å²) in [5, 5.41) is 8.71. The van der Waals surface area contributed by atoms with Gasteiger partial charge < -0.3 is 20.7 Å². The highest BCUT2D eigenvalue weighted by Crippen LogP contribution is 2.11. The van der Waals surface area contributed by atoms with E-state index >= 15 is 0 Å². The molecule has 1 aromatic rings. The van der Waals surface area contributed by atoms with Crippen LogP contribution in [0.15, 0.2) is 24.3 Å². The van der Waals surface area contributed by atoms with Gasteiger partial charge in [0.25, 0.3) is 5.91 Å². The van der Waals surface area contributed by atoms with Crippen LogP contribution in [0.2, 0.25) is 0 Å². The highest BCUT2D eigenvalue weighted by molar-refractivity contribution is 5.97. The molecule has 0 saturated carbocycles. The van der Waals surface area contributed by atoms with E-state index in [0.717, 1.165) is 25.9 Å². The standard InChI is InChI=1S/C17H25N3O3/c1-2-8-19-17(22)13-5-3-6-14(10-13)20-16(21)12-18-11-15-7-4-9-23-15/h3,5-6,10,15,18H,2,4,7-9,11-12H2,1H3,(H,19,22)(H,20,21). The molecule has 1 atom stereocenters. The molecule has 1 aliphatic rings. The van der Waals surface area contributed by atoms with Gasteiger partial charge in [0.2, 0.25) is 5.91 Å². The lowest BCUT2D eigenvalue weighted by molar-refractivity contribution is -0.115. The molecule has 3 N–H and O–H groups in total. The lowest BCUT2D eigenvalue weighted by atomic mass is 10.2. The van der Waals surface area contributed by atoms with Crippen LogP contribution < -0.4 is 16.0 Å². The molecule has 1 aliphatic heterocycles. The van der Waals surface area contributed by atoms with E-state index in [4.69, 9.17) is 4.74 Å². The van der Waals surface area contributed by atoms with Gasteiger partial charge in [0.15, 0.2) is 0 Å². The van der Waals surface area contributed by atoms with Gasteiger partial charge in [-0.1, -0.05) is 13.0 Å². The number of hydrogen-bond donors (Lipinski definition) is 3. The Hall–Kier alpha value is -1.92. The quantitative estimate of drug-likeness (QED) is 0.679. The summed E-state index contributed by atoms with van der Waals surface area (Å²) in [5.41, 5.74) is 1.17. The highest BCUT2D eigenvalue weighted by Gasteiger charge is 2.15. The van der Waals surface area contributed by atoms with Crippen LogP contribution in [0.1, 0.15) is 36.5 Å². The van der Waals surface area contributed by atoms with Gasteiger partial charge in [0.05, 0.1) is 12.6 Å². The maximum Gasteiger partial charge on any atom is 0.251 e. The fourth-order valence-electron chi connectivity index (χ4n) is 2.44. The molecule has 1 heterocycles. The molecule has 0 aliphatic carbocycles. The van der Waals surface area contributed by atoms with Crippen molar-refractivity contribution in [3.05, 3.63) is 29.8 Å². The zero-order chi connectivity index (χ0) is 16.5. The summed E-state index contributed by atoms with van der Waals surface area (Å²) in [5.74, 6) is -0.256. The fraction of sp³-hybridized carbons (Fsp3) is 0.529. The predicted molar refractivity (Wildman–Crippen MR) is 89.5 cm³/mol. The second-order valence-corrected chi connectivity index (χ2v) is 5.65. The molecule has 1 unspecified atom stereocenters. The van der Waals surface area contributed by atoms with E-state index in [2.05, 4.69) is 16.0 Å². The lowest BCUT2D eigenvalue weighted by Gasteiger charge is -2.11. The molecule has 2 amide bonds. The van der Waals surface area contributed by atoms with E-state index in [1.54, 1.807) is 24.3 Å². The first-order valence-corrected chi connectivity index (χ1v) is 8.19. The summed E-state index contributed by atoms with van der Waals surface area (Å²) >= 11 is 0. The number of benzene rings is 1. The van der Waals surface area contributed by atoms with E-state index in [9.17, 15) is 9.59 Å². The van der Waals surface area contributed by atoms with Crippen LogP contribution >= 0.6 is 0 Å². The van der Waals surface area contributed by atoms with E-state index in [1.165, 1.54) is 0 Å². The van der Waals surface area contributed by atoms with Crippen molar-refractivity contribution in [2.75, 3.05) is 31.6 Å². The van der Waals surface area contributed by atoms with Gasteiger partial charge in [-0.05, 0) is 37.5 Å². The van der Waals surface area contributed by atoms with Crippen molar-refractivity contribution in [3.63, 3.8) is 0 Å². The molecule has 23 heavy (non-hydrogen) atoms. The maximum atomic E-state index is 11.9. The van der Waals surface area contributed by atoms with Gasteiger partial charge in [-0.3, -0.25) is 9.59 Å². The Labute approximate surface area is 137 Å². The minimum atomic E-state index is -0.130. The summed E-state index contributed by atoms with van der Waals surface area (Å²) in [6.07, 6.45) is 3.24. The first-order chi connectivity index (χ1) is 11.2. The Morgan fingerprint density at radius 1 is 1.35 bits per heavy atom. The maximum absolute atomic E-state index is 11.9. The lowest BCUT2D eigenvalue weighted by Crippen LogP contribution is -2.33. The monoisotopic (exact) mass is 319 g/mol. The zero-order valence-electron chi connectivity index (χ0n) is 13.6. The van der Waals surface area contributed by atoms with Gasteiger partial charge in [0, 0.05) is 30.9 Å². The third kappa shape index (κ3) is 6.00. The second-order valence-electron chi connectivity index (χ2n) is 5.65. The normalized spacial score (nSPS) is 17.0. The van der Waals surface area contributed by atoms with Gasteiger partial charge in [0.1, 0.15) is 0 Å². The van der Waals surface area contributed by atoms with E-state index in [1.807, 2.05) is 6.92 Å². The summed E-state index contributed by atoms with van der Waals surface area (Å²) < 4.78 is 5.49. The fourth-order valence-corrected chi connectivity index (χ4v) is 2.44. The summed E-state index contributed by atoms with van der Waals surface area (Å²) in [7, 11) is 0. The molecule has 1 fully saturated rings. The van der Waals surface area contributed by atoms with Crippen LogP contribution in [0, 0.1) is 0 Å². The first-order valence-electron chi connectivity index (χ1n) is 8.19. The first kappa shape index (κ1) is 17.4. The number of ether oxygens (including phenoxy) is 1. The minimum Gasteiger partial charge on any atom is -0.377 e. The van der Waals surface area contributed by atoms with Crippen molar-refractivity contribution in [1.82, 2.24) is 10.6 Å². The van der Waals surface area contributed by atoms with Crippen LogP contribution in [-0.2, 0) is 9.53 Å². The molecule has 126 valence electrons. The third-order valence-electron chi connectivity index (χ3n) is 3.63. The van der Waals surface area contributed by atoms with Gasteiger partial charge >= 0.3 is 0 Å². The summed E-state index contributed by atoms with van der Waals surface area (Å²) in [4.78, 5) is 23.8. The molecule has 1 saturated heterocycles. The molecule has 0 aromatic heterocycles. The number of rotatable bonds is 8. The molecule has 6 nitrogen and oxygen atoms in total. The molecule has 6 heteroatoms. The van der Waals surface area contributed by atoms with E-state index in [0.29, 0.717) is 24.3 Å². The van der Waals surface area contributed by atoms with Crippen molar-refractivity contribution < 1.29 is 14.3 Å². The molecule has 0 bridgehead atoms. The van der Waals surface area contributed by atoms with Crippen molar-refractivity contribution in [2.24, 2.45) is 0 Å². The SMILES string of the molecule is CCCNC(=O)c1cccc(NC(=O)CNCC2CCCO2)c1. The minimum absolute atomic E-state index is 0.126. The molecule has 2 rings (SSSR count). The molecular formula is C17H25N3O3. The number of nitrogens with one attached hydrogen (secondary N) is 3. The Bertz CT molecular complexity index is 528. The van der Waals surface area contributed by atoms with Crippen molar-refractivity contribution in [2.45, 2.75) is 32.3 Å². The van der Waals surface area contributed by atoms with Crippen LogP contribution in [0.3, 0.4) is 0 Å². The van der Waals surface area contributed by atoms with Crippen LogP contribution in [0.4, 0.5) is 5.69 Å². The number of hydrogen-bond acceptors (Lipinski definition) is 4. The van der Waals surface area contributed by atoms with Gasteiger partial charge in [-0.15, -0.1) is 0 Å². The van der Waals surface area contributed by atoms with E-state index < -0.39 is 0 Å². The number of carbonyl (C=O) groups is 2. The average molecular weight is 319 g/mol. The highest BCUT2D eigenvalue weighted by atomic mass is 16.5. The van der Waals surface area contributed by atoms with Crippen molar-refractivity contribution in [3.8, 4) is 0 Å². The van der Waals surface area contributed by atoms with Gasteiger partial charge in [-0.25, -0.2) is 0 Å². The van der Waals surface area contributed by atoms with Gasteiger partial charge in [-0.2, -0.15) is 0 Å². The average Bonchev–Trinajstić information content (AvgIpc) is 3.06. The molecule has 0 radical (unpaired) electrons. The Morgan fingerprint density at radius 3 is 2.96 bits per heavy atom.